The lowest BCUT2D eigenvalue weighted by Gasteiger charge is -2.31. The van der Waals surface area contributed by atoms with E-state index in [1.165, 1.54) is 11.8 Å². The van der Waals surface area contributed by atoms with Crippen molar-refractivity contribution >= 4 is 28.6 Å². The average Bonchev–Trinajstić information content (AvgIpc) is 2.79. The molecular weight excluding hydrogens is 420 g/mol. The lowest BCUT2D eigenvalue weighted by Crippen LogP contribution is -2.49. The van der Waals surface area contributed by atoms with Crippen LogP contribution in [0, 0.1) is 25.2 Å². The van der Waals surface area contributed by atoms with Crippen LogP contribution in [-0.2, 0) is 4.79 Å². The number of aromatic nitrogens is 2. The molecule has 1 fully saturated rings. The van der Waals surface area contributed by atoms with Crippen molar-refractivity contribution in [2.75, 3.05) is 5.75 Å². The van der Waals surface area contributed by atoms with Gasteiger partial charge < -0.3 is 5.32 Å². The molecule has 1 saturated carbocycles. The van der Waals surface area contributed by atoms with Crippen molar-refractivity contribution in [3.8, 4) is 11.8 Å². The SMILES string of the molecule is Cc1cccc(C)c1-n1c(SCC(=O)NC2(C#N)CCCCC2)nc2ccccc2c1=O. The van der Waals surface area contributed by atoms with Gasteiger partial charge in [-0.15, -0.1) is 0 Å². The van der Waals surface area contributed by atoms with Crippen LogP contribution in [0.15, 0.2) is 52.4 Å². The number of carbonyl (C=O) groups excluding carboxylic acids is 1. The van der Waals surface area contributed by atoms with Crippen LogP contribution < -0.4 is 10.9 Å². The van der Waals surface area contributed by atoms with Crippen LogP contribution in [0.25, 0.3) is 16.6 Å². The molecule has 3 aromatic rings. The lowest BCUT2D eigenvalue weighted by molar-refractivity contribution is -0.120. The molecule has 4 rings (SSSR count). The Morgan fingerprint density at radius 1 is 1.12 bits per heavy atom. The molecule has 0 saturated heterocycles. The van der Waals surface area contributed by atoms with E-state index >= 15 is 0 Å². The molecule has 164 valence electrons. The number of hydrogen-bond acceptors (Lipinski definition) is 5. The number of aryl methyl sites for hydroxylation is 2. The van der Waals surface area contributed by atoms with E-state index in [-0.39, 0.29) is 17.2 Å². The van der Waals surface area contributed by atoms with Gasteiger partial charge >= 0.3 is 0 Å². The van der Waals surface area contributed by atoms with E-state index < -0.39 is 5.54 Å². The summed E-state index contributed by atoms with van der Waals surface area (Å²) in [6.07, 6.45) is 4.35. The van der Waals surface area contributed by atoms with Gasteiger partial charge in [0.05, 0.1) is 28.4 Å². The number of rotatable bonds is 5. The molecule has 6 nitrogen and oxygen atoms in total. The fourth-order valence-electron chi connectivity index (χ4n) is 4.42. The van der Waals surface area contributed by atoms with Gasteiger partial charge in [-0.2, -0.15) is 5.26 Å². The molecule has 0 unspecified atom stereocenters. The normalized spacial score (nSPS) is 15.3. The number of nitrogens with zero attached hydrogens (tertiary/aromatic N) is 3. The van der Waals surface area contributed by atoms with Gasteiger partial charge in [-0.05, 0) is 49.9 Å². The maximum Gasteiger partial charge on any atom is 0.266 e. The van der Waals surface area contributed by atoms with Gasteiger partial charge in [0.15, 0.2) is 5.16 Å². The van der Waals surface area contributed by atoms with Gasteiger partial charge in [0.25, 0.3) is 5.56 Å². The summed E-state index contributed by atoms with van der Waals surface area (Å²) in [5.41, 5.74) is 2.38. The fourth-order valence-corrected chi connectivity index (χ4v) is 5.22. The Morgan fingerprint density at radius 3 is 2.50 bits per heavy atom. The van der Waals surface area contributed by atoms with E-state index in [0.29, 0.717) is 28.9 Å². The van der Waals surface area contributed by atoms with E-state index in [1.807, 2.05) is 50.2 Å². The Balaban J connectivity index is 1.70. The highest BCUT2D eigenvalue weighted by Crippen LogP contribution is 2.29. The van der Waals surface area contributed by atoms with Gasteiger partial charge in [0.2, 0.25) is 5.91 Å². The number of para-hydroxylation sites is 2. The van der Waals surface area contributed by atoms with Crippen LogP contribution in [0.3, 0.4) is 0 Å². The summed E-state index contributed by atoms with van der Waals surface area (Å²) in [6, 6.07) is 15.5. The van der Waals surface area contributed by atoms with Crippen LogP contribution in [0.2, 0.25) is 0 Å². The van der Waals surface area contributed by atoms with Gasteiger partial charge in [-0.25, -0.2) is 4.98 Å². The summed E-state index contributed by atoms with van der Waals surface area (Å²) in [5.74, 6) is -0.131. The Labute approximate surface area is 191 Å². The molecule has 1 heterocycles. The van der Waals surface area contributed by atoms with E-state index in [1.54, 1.807) is 10.6 Å². The number of fused-ring (bicyclic) bond motifs is 1. The van der Waals surface area contributed by atoms with Crippen molar-refractivity contribution in [1.82, 2.24) is 14.9 Å². The first kappa shape index (κ1) is 22.1. The predicted octanol–water partition coefficient (Wildman–Crippen LogP) is 4.44. The monoisotopic (exact) mass is 446 g/mol. The summed E-state index contributed by atoms with van der Waals surface area (Å²) in [7, 11) is 0. The first-order chi connectivity index (χ1) is 15.4. The Kier molecular flexibility index (Phi) is 6.33. The van der Waals surface area contributed by atoms with E-state index in [2.05, 4.69) is 11.4 Å². The molecule has 32 heavy (non-hydrogen) atoms. The number of amides is 1. The maximum atomic E-state index is 13.5. The average molecular weight is 447 g/mol. The molecule has 1 N–H and O–H groups in total. The van der Waals surface area contributed by atoms with Gasteiger partial charge in [-0.1, -0.05) is 61.4 Å². The zero-order chi connectivity index (χ0) is 22.7. The molecule has 7 heteroatoms. The van der Waals surface area contributed by atoms with Gasteiger partial charge in [0.1, 0.15) is 5.54 Å². The molecule has 0 aliphatic heterocycles. The Bertz CT molecular complexity index is 1250. The van der Waals surface area contributed by atoms with Crippen molar-refractivity contribution < 1.29 is 4.79 Å². The molecule has 0 atom stereocenters. The number of nitrogens with one attached hydrogen (secondary N) is 1. The van der Waals surface area contributed by atoms with Gasteiger partial charge in [0, 0.05) is 0 Å². The highest BCUT2D eigenvalue weighted by molar-refractivity contribution is 7.99. The van der Waals surface area contributed by atoms with E-state index in [9.17, 15) is 14.9 Å². The second kappa shape index (κ2) is 9.17. The standard InChI is InChI=1S/C25H26N4O2S/c1-17-9-8-10-18(2)22(17)29-23(31)19-11-4-5-12-20(19)27-24(29)32-15-21(30)28-25(16-26)13-6-3-7-14-25/h4-5,8-12H,3,6-7,13-15H2,1-2H3,(H,28,30). The second-order valence-corrected chi connectivity index (χ2v) is 9.33. The van der Waals surface area contributed by atoms with Crippen LogP contribution in [0.4, 0.5) is 0 Å². The lowest BCUT2D eigenvalue weighted by atomic mass is 9.83. The molecule has 2 aromatic carbocycles. The maximum absolute atomic E-state index is 13.5. The fraction of sp³-hybridized carbons (Fsp3) is 0.360. The topological polar surface area (TPSA) is 87.8 Å². The first-order valence-corrected chi connectivity index (χ1v) is 11.9. The number of benzene rings is 2. The minimum Gasteiger partial charge on any atom is -0.337 e. The number of hydrogen-bond donors (Lipinski definition) is 1. The smallest absolute Gasteiger partial charge is 0.266 e. The van der Waals surface area contributed by atoms with E-state index in [4.69, 9.17) is 4.98 Å². The summed E-state index contributed by atoms with van der Waals surface area (Å²) < 4.78 is 1.62. The highest BCUT2D eigenvalue weighted by atomic mass is 32.2. The number of carbonyl (C=O) groups is 1. The number of nitriles is 1. The minimum absolute atomic E-state index is 0.0825. The van der Waals surface area contributed by atoms with Crippen molar-refractivity contribution in [1.29, 1.82) is 5.26 Å². The Hall–Kier alpha value is -3.11. The molecule has 1 aromatic heterocycles. The van der Waals surface area contributed by atoms with Crippen LogP contribution >= 0.6 is 11.8 Å². The van der Waals surface area contributed by atoms with Crippen molar-refractivity contribution in [3.05, 3.63) is 63.9 Å². The molecule has 0 spiro atoms. The van der Waals surface area contributed by atoms with Crippen LogP contribution in [0.1, 0.15) is 43.2 Å². The van der Waals surface area contributed by atoms with E-state index in [0.717, 1.165) is 36.1 Å². The largest absolute Gasteiger partial charge is 0.337 e. The highest BCUT2D eigenvalue weighted by Gasteiger charge is 2.33. The van der Waals surface area contributed by atoms with Crippen molar-refractivity contribution in [2.24, 2.45) is 0 Å². The minimum atomic E-state index is -0.779. The summed E-state index contributed by atoms with van der Waals surface area (Å²) in [4.78, 5) is 31.0. The molecule has 0 radical (unpaired) electrons. The Morgan fingerprint density at radius 2 is 1.81 bits per heavy atom. The molecule has 1 aliphatic rings. The van der Waals surface area contributed by atoms with Crippen LogP contribution in [0.5, 0.6) is 0 Å². The predicted molar refractivity (Wildman–Crippen MR) is 127 cm³/mol. The first-order valence-electron chi connectivity index (χ1n) is 10.9. The summed E-state index contributed by atoms with van der Waals surface area (Å²) >= 11 is 1.22. The molecule has 1 amide bonds. The zero-order valence-corrected chi connectivity index (χ0v) is 19.2. The van der Waals surface area contributed by atoms with Crippen molar-refractivity contribution in [3.63, 3.8) is 0 Å². The third-order valence-corrected chi connectivity index (χ3v) is 6.98. The third kappa shape index (κ3) is 4.28. The zero-order valence-electron chi connectivity index (χ0n) is 18.4. The number of thioether (sulfide) groups is 1. The molecule has 0 bridgehead atoms. The summed E-state index contributed by atoms with van der Waals surface area (Å²) in [5, 5.41) is 13.6. The molecule has 1 aliphatic carbocycles. The summed E-state index contributed by atoms with van der Waals surface area (Å²) in [6.45, 7) is 3.93. The van der Waals surface area contributed by atoms with Crippen molar-refractivity contribution in [2.45, 2.75) is 56.6 Å². The second-order valence-electron chi connectivity index (χ2n) is 8.38. The van der Waals surface area contributed by atoms with Crippen LogP contribution in [-0.4, -0.2) is 26.8 Å². The third-order valence-electron chi connectivity index (χ3n) is 6.04. The molecular formula is C25H26N4O2S. The van der Waals surface area contributed by atoms with Gasteiger partial charge in [-0.3, -0.25) is 14.2 Å². The quantitative estimate of drug-likeness (QED) is 0.462.